The zero-order chi connectivity index (χ0) is 22.5. The van der Waals surface area contributed by atoms with Crippen LogP contribution in [0.4, 0.5) is 14.9 Å². The summed E-state index contributed by atoms with van der Waals surface area (Å²) in [5.74, 6) is -0.393. The van der Waals surface area contributed by atoms with Crippen molar-refractivity contribution in [3.8, 4) is 11.1 Å². The van der Waals surface area contributed by atoms with E-state index in [1.165, 1.54) is 11.0 Å². The van der Waals surface area contributed by atoms with E-state index in [0.717, 1.165) is 22.5 Å². The van der Waals surface area contributed by atoms with Crippen molar-refractivity contribution < 1.29 is 13.9 Å². The van der Waals surface area contributed by atoms with Crippen LogP contribution in [0.3, 0.4) is 0 Å². The number of aromatic amines is 1. The molecule has 2 heterocycles. The number of cyclic esters (lactones) is 1. The van der Waals surface area contributed by atoms with E-state index in [4.69, 9.17) is 4.74 Å². The van der Waals surface area contributed by atoms with Gasteiger partial charge in [0.15, 0.2) is 0 Å². The summed E-state index contributed by atoms with van der Waals surface area (Å²) in [4.78, 5) is 13.7. The molecule has 3 aromatic rings. The van der Waals surface area contributed by atoms with Crippen LogP contribution in [-0.4, -0.2) is 40.7 Å². The molecule has 4 rings (SSSR count). The second kappa shape index (κ2) is 16.1. The number of hydrogen-bond donors (Lipinski definition) is 3. The standard InChI is InChI=1S/C23H25FN6O2.5CH4/c1-15(2)26-13-20-14-30(23(31)32-20)19-7-8-21(22(24)9-19)17-5-3-16(4-6-17)10-25-11-18-12-27-29-28-18;;;;;/h3-9,12,20,25-26H,1,10-11,13-14H2,2H3,(H,27,28,29);5*1H4/t20-;;;;;/m0...../s1. The van der Waals surface area contributed by atoms with E-state index in [1.807, 2.05) is 31.2 Å². The zero-order valence-corrected chi connectivity index (χ0v) is 17.8. The lowest BCUT2D eigenvalue weighted by molar-refractivity contribution is 0.141. The SMILES string of the molecule is C.C.C.C.C.C=C(C)NC[C@H]1CN(c2ccc(-c3ccc(CNCc4cn[nH]n4)cc3)c(F)c2)C(=O)O1. The number of ether oxygens (including phenoxy) is 1. The Morgan fingerprint density at radius 2 is 1.84 bits per heavy atom. The highest BCUT2D eigenvalue weighted by Crippen LogP contribution is 2.29. The molecule has 0 radical (unpaired) electrons. The van der Waals surface area contributed by atoms with Gasteiger partial charge in [0.25, 0.3) is 0 Å². The van der Waals surface area contributed by atoms with Gasteiger partial charge in [0.05, 0.1) is 30.7 Å². The van der Waals surface area contributed by atoms with Crippen molar-refractivity contribution in [3.63, 3.8) is 0 Å². The number of nitrogens with zero attached hydrogens (tertiary/aromatic N) is 3. The molecule has 0 unspecified atom stereocenters. The number of amides is 1. The molecule has 8 nitrogen and oxygen atoms in total. The van der Waals surface area contributed by atoms with Crippen LogP contribution in [0.1, 0.15) is 55.3 Å². The summed E-state index contributed by atoms with van der Waals surface area (Å²) < 4.78 is 20.2. The van der Waals surface area contributed by atoms with Crippen molar-refractivity contribution in [1.82, 2.24) is 26.0 Å². The first-order valence-electron chi connectivity index (χ1n) is 10.3. The molecule has 37 heavy (non-hydrogen) atoms. The fourth-order valence-corrected chi connectivity index (χ4v) is 3.48. The third-order valence-corrected chi connectivity index (χ3v) is 5.14. The molecule has 1 amide bonds. The number of aromatic nitrogens is 3. The number of allylic oxidation sites excluding steroid dienone is 1. The molecule has 2 aromatic carbocycles. The summed E-state index contributed by atoms with van der Waals surface area (Å²) in [6, 6.07) is 12.5. The summed E-state index contributed by atoms with van der Waals surface area (Å²) >= 11 is 0. The first-order chi connectivity index (χ1) is 15.5. The highest BCUT2D eigenvalue weighted by molar-refractivity contribution is 5.90. The number of anilines is 1. The van der Waals surface area contributed by atoms with Gasteiger partial charge in [-0.15, -0.1) is 0 Å². The second-order valence-electron chi connectivity index (χ2n) is 7.70. The Labute approximate surface area is 222 Å². The van der Waals surface area contributed by atoms with Crippen LogP contribution < -0.4 is 15.5 Å². The van der Waals surface area contributed by atoms with Crippen LogP contribution >= 0.6 is 0 Å². The number of hydrogen-bond acceptors (Lipinski definition) is 6. The molecule has 206 valence electrons. The second-order valence-corrected chi connectivity index (χ2v) is 7.70. The summed E-state index contributed by atoms with van der Waals surface area (Å²) in [6.07, 6.45) is 0.879. The highest BCUT2D eigenvalue weighted by atomic mass is 19.1. The van der Waals surface area contributed by atoms with Gasteiger partial charge in [0.2, 0.25) is 0 Å². The predicted octanol–water partition coefficient (Wildman–Crippen LogP) is 6.53. The number of halogens is 1. The predicted molar refractivity (Wildman–Crippen MR) is 153 cm³/mol. The number of nitrogens with one attached hydrogen (secondary N) is 3. The van der Waals surface area contributed by atoms with Crippen molar-refractivity contribution >= 4 is 11.8 Å². The number of carbonyl (C=O) groups excluding carboxylic acids is 1. The third-order valence-electron chi connectivity index (χ3n) is 5.14. The fraction of sp³-hybridized carbons (Fsp3) is 0.393. The van der Waals surface area contributed by atoms with Gasteiger partial charge in [0.1, 0.15) is 11.9 Å². The molecule has 3 N–H and O–H groups in total. The van der Waals surface area contributed by atoms with E-state index < -0.39 is 11.9 Å². The maximum absolute atomic E-state index is 14.9. The number of carbonyl (C=O) groups is 1. The van der Waals surface area contributed by atoms with Gasteiger partial charge < -0.3 is 15.4 Å². The van der Waals surface area contributed by atoms with Gasteiger partial charge in [-0.1, -0.05) is 68.0 Å². The Morgan fingerprint density at radius 1 is 1.14 bits per heavy atom. The zero-order valence-electron chi connectivity index (χ0n) is 17.8. The van der Waals surface area contributed by atoms with E-state index in [-0.39, 0.29) is 43.2 Å². The number of benzene rings is 2. The molecule has 0 spiro atoms. The van der Waals surface area contributed by atoms with Crippen LogP contribution in [0.25, 0.3) is 11.1 Å². The maximum Gasteiger partial charge on any atom is 0.414 e. The minimum atomic E-state index is -0.479. The Kier molecular flexibility index (Phi) is 15.4. The first kappa shape index (κ1) is 35.4. The summed E-state index contributed by atoms with van der Waals surface area (Å²) in [7, 11) is 0. The summed E-state index contributed by atoms with van der Waals surface area (Å²) in [5, 5.41) is 16.7. The highest BCUT2D eigenvalue weighted by Gasteiger charge is 2.32. The van der Waals surface area contributed by atoms with E-state index in [0.29, 0.717) is 37.4 Å². The molecular weight excluding hydrogens is 471 g/mol. The van der Waals surface area contributed by atoms with Crippen LogP contribution in [0, 0.1) is 5.82 Å². The Hall–Kier alpha value is -3.72. The molecule has 1 aliphatic heterocycles. The molecule has 1 saturated heterocycles. The lowest BCUT2D eigenvalue weighted by Gasteiger charge is -2.15. The van der Waals surface area contributed by atoms with Crippen LogP contribution in [0.2, 0.25) is 0 Å². The van der Waals surface area contributed by atoms with Gasteiger partial charge in [-0.05, 0) is 36.2 Å². The lowest BCUT2D eigenvalue weighted by atomic mass is 10.0. The van der Waals surface area contributed by atoms with Crippen LogP contribution in [0.5, 0.6) is 0 Å². The number of H-pyrrole nitrogens is 1. The summed E-state index contributed by atoms with van der Waals surface area (Å²) in [5.41, 5.74) is 4.42. The van der Waals surface area contributed by atoms with Gasteiger partial charge in [0, 0.05) is 24.4 Å². The smallest absolute Gasteiger partial charge is 0.414 e. The van der Waals surface area contributed by atoms with E-state index in [1.54, 1.807) is 18.3 Å². The average Bonchev–Trinajstić information content (AvgIpc) is 3.42. The van der Waals surface area contributed by atoms with Gasteiger partial charge in [-0.25, -0.2) is 9.18 Å². The largest absolute Gasteiger partial charge is 0.442 e. The topological polar surface area (TPSA) is 95.2 Å². The third kappa shape index (κ3) is 9.02. The van der Waals surface area contributed by atoms with Crippen molar-refractivity contribution in [3.05, 3.63) is 78.0 Å². The van der Waals surface area contributed by atoms with E-state index in [2.05, 4.69) is 32.6 Å². The minimum Gasteiger partial charge on any atom is -0.442 e. The van der Waals surface area contributed by atoms with Crippen LogP contribution in [0.15, 0.2) is 60.9 Å². The fourth-order valence-electron chi connectivity index (χ4n) is 3.48. The first-order valence-corrected chi connectivity index (χ1v) is 10.3. The minimum absolute atomic E-state index is 0. The van der Waals surface area contributed by atoms with Crippen molar-refractivity contribution in [2.24, 2.45) is 0 Å². The Bertz CT molecular complexity index is 1090. The molecule has 0 bridgehead atoms. The van der Waals surface area contributed by atoms with Crippen molar-refractivity contribution in [2.45, 2.75) is 63.3 Å². The van der Waals surface area contributed by atoms with Gasteiger partial charge in [-0.3, -0.25) is 4.90 Å². The molecule has 1 aromatic heterocycles. The van der Waals surface area contributed by atoms with E-state index >= 15 is 0 Å². The lowest BCUT2D eigenvalue weighted by Crippen LogP contribution is -2.30. The normalized spacial score (nSPS) is 13.5. The quantitative estimate of drug-likeness (QED) is 0.299. The molecule has 9 heteroatoms. The molecule has 1 fully saturated rings. The van der Waals surface area contributed by atoms with Crippen molar-refractivity contribution in [2.75, 3.05) is 18.0 Å². The maximum atomic E-state index is 14.9. The molecule has 0 aliphatic carbocycles. The van der Waals surface area contributed by atoms with Crippen molar-refractivity contribution in [1.29, 1.82) is 0 Å². The molecule has 1 aliphatic rings. The monoisotopic (exact) mass is 516 g/mol. The molecule has 0 saturated carbocycles. The van der Waals surface area contributed by atoms with Crippen LogP contribution in [-0.2, 0) is 17.8 Å². The Morgan fingerprint density at radius 3 is 2.43 bits per heavy atom. The number of rotatable bonds is 9. The molecular formula is C28H45FN6O2. The molecule has 1 atom stereocenters. The average molecular weight is 517 g/mol. The summed E-state index contributed by atoms with van der Waals surface area (Å²) in [6.45, 7) is 7.70. The van der Waals surface area contributed by atoms with Gasteiger partial charge >= 0.3 is 6.09 Å². The Balaban J connectivity index is 0. The van der Waals surface area contributed by atoms with E-state index in [9.17, 15) is 9.18 Å². The van der Waals surface area contributed by atoms with Gasteiger partial charge in [-0.2, -0.15) is 15.4 Å².